The minimum absolute atomic E-state index is 0.342. The number of benzene rings is 2. The van der Waals surface area contributed by atoms with Gasteiger partial charge in [0.25, 0.3) is 0 Å². The highest BCUT2D eigenvalue weighted by molar-refractivity contribution is 6.40. The van der Waals surface area contributed by atoms with Crippen LogP contribution < -0.4 is 16.0 Å². The Balaban J connectivity index is 1.81. The lowest BCUT2D eigenvalue weighted by Crippen LogP contribution is -2.39. The number of amides is 3. The minimum Gasteiger partial charge on any atom is -0.339 e. The smallest absolute Gasteiger partial charge is 0.313 e. The molecule has 0 aliphatic rings. The summed E-state index contributed by atoms with van der Waals surface area (Å²) in [4.78, 5) is 35.2. The van der Waals surface area contributed by atoms with Crippen LogP contribution in [0, 0.1) is 6.92 Å². The zero-order chi connectivity index (χ0) is 17.5. The van der Waals surface area contributed by atoms with E-state index in [1.54, 1.807) is 36.4 Å². The Hall–Kier alpha value is -2.86. The van der Waals surface area contributed by atoms with Crippen LogP contribution in [0.4, 0.5) is 11.4 Å². The van der Waals surface area contributed by atoms with Crippen LogP contribution in [0.5, 0.6) is 0 Å². The van der Waals surface area contributed by atoms with Crippen LogP contribution in [0.15, 0.2) is 48.5 Å². The van der Waals surface area contributed by atoms with Gasteiger partial charge in [0, 0.05) is 5.69 Å². The third-order valence-corrected chi connectivity index (χ3v) is 3.40. The molecule has 7 heteroatoms. The molecular weight excluding hydrogens is 330 g/mol. The molecule has 0 heterocycles. The number of carbonyl (C=O) groups is 3. The summed E-state index contributed by atoms with van der Waals surface area (Å²) in [6.07, 6.45) is 0. The lowest BCUT2D eigenvalue weighted by molar-refractivity contribution is -0.136. The summed E-state index contributed by atoms with van der Waals surface area (Å²) in [5.41, 5.74) is 1.97. The number of anilines is 2. The van der Waals surface area contributed by atoms with Crippen LogP contribution in [0.2, 0.25) is 5.02 Å². The molecule has 0 spiro atoms. The van der Waals surface area contributed by atoms with E-state index in [1.165, 1.54) is 0 Å². The van der Waals surface area contributed by atoms with Crippen molar-refractivity contribution in [1.29, 1.82) is 0 Å². The van der Waals surface area contributed by atoms with Crippen molar-refractivity contribution in [3.63, 3.8) is 0 Å². The minimum atomic E-state index is -0.898. The average Bonchev–Trinajstić information content (AvgIpc) is 2.57. The first-order valence-electron chi connectivity index (χ1n) is 7.16. The van der Waals surface area contributed by atoms with Crippen molar-refractivity contribution >= 4 is 40.7 Å². The number of nitrogens with one attached hydrogen (secondary N) is 3. The number of aryl methyl sites for hydroxylation is 1. The van der Waals surface area contributed by atoms with Crippen LogP contribution in [-0.4, -0.2) is 24.3 Å². The summed E-state index contributed by atoms with van der Waals surface area (Å²) in [5.74, 6) is -2.23. The maximum atomic E-state index is 11.8. The van der Waals surface area contributed by atoms with Gasteiger partial charge >= 0.3 is 11.8 Å². The van der Waals surface area contributed by atoms with Crippen LogP contribution in [0.25, 0.3) is 0 Å². The lowest BCUT2D eigenvalue weighted by atomic mass is 10.2. The van der Waals surface area contributed by atoms with Crippen molar-refractivity contribution in [2.24, 2.45) is 0 Å². The van der Waals surface area contributed by atoms with Crippen molar-refractivity contribution in [3.05, 3.63) is 59.1 Å². The van der Waals surface area contributed by atoms with E-state index in [0.29, 0.717) is 16.4 Å². The number of hydrogen-bond acceptors (Lipinski definition) is 3. The van der Waals surface area contributed by atoms with E-state index in [0.717, 1.165) is 5.56 Å². The molecule has 24 heavy (non-hydrogen) atoms. The molecule has 0 aliphatic heterocycles. The predicted octanol–water partition coefficient (Wildman–Crippen LogP) is 2.34. The fraction of sp³-hybridized carbons (Fsp3) is 0.118. The van der Waals surface area contributed by atoms with Gasteiger partial charge in [-0.2, -0.15) is 0 Å². The number of carbonyl (C=O) groups excluding carboxylic acids is 3. The van der Waals surface area contributed by atoms with Gasteiger partial charge < -0.3 is 16.0 Å². The summed E-state index contributed by atoms with van der Waals surface area (Å²) in [7, 11) is 0. The highest BCUT2D eigenvalue weighted by atomic mass is 35.5. The first-order valence-corrected chi connectivity index (χ1v) is 7.54. The van der Waals surface area contributed by atoms with E-state index >= 15 is 0 Å². The Morgan fingerprint density at radius 2 is 1.58 bits per heavy atom. The van der Waals surface area contributed by atoms with E-state index in [9.17, 15) is 14.4 Å². The first kappa shape index (κ1) is 17.5. The molecule has 6 nitrogen and oxygen atoms in total. The number of para-hydroxylation sites is 1. The lowest BCUT2D eigenvalue weighted by Gasteiger charge is -2.08. The van der Waals surface area contributed by atoms with Crippen LogP contribution >= 0.6 is 11.6 Å². The van der Waals surface area contributed by atoms with Crippen molar-refractivity contribution in [1.82, 2.24) is 5.32 Å². The Bertz CT molecular complexity index is 760. The Morgan fingerprint density at radius 3 is 2.25 bits per heavy atom. The molecule has 2 aromatic carbocycles. The number of halogens is 1. The number of hydrogen-bond donors (Lipinski definition) is 3. The molecule has 3 N–H and O–H groups in total. The van der Waals surface area contributed by atoms with E-state index in [2.05, 4.69) is 16.0 Å². The van der Waals surface area contributed by atoms with Gasteiger partial charge in [0.2, 0.25) is 5.91 Å². The molecule has 0 bridgehead atoms. The third kappa shape index (κ3) is 5.10. The molecule has 0 aromatic heterocycles. The zero-order valence-electron chi connectivity index (χ0n) is 12.9. The van der Waals surface area contributed by atoms with Crippen LogP contribution in [0.1, 0.15) is 5.56 Å². The van der Waals surface area contributed by atoms with Gasteiger partial charge in [0.05, 0.1) is 17.3 Å². The fourth-order valence-corrected chi connectivity index (χ4v) is 2.01. The summed E-state index contributed by atoms with van der Waals surface area (Å²) >= 11 is 5.92. The maximum Gasteiger partial charge on any atom is 0.313 e. The molecule has 0 saturated carbocycles. The topological polar surface area (TPSA) is 87.3 Å². The molecule has 124 valence electrons. The third-order valence-electron chi connectivity index (χ3n) is 3.07. The highest BCUT2D eigenvalue weighted by Gasteiger charge is 2.15. The van der Waals surface area contributed by atoms with E-state index in [-0.39, 0.29) is 6.54 Å². The highest BCUT2D eigenvalue weighted by Crippen LogP contribution is 2.19. The molecule has 0 unspecified atom stereocenters. The zero-order valence-corrected chi connectivity index (χ0v) is 13.7. The summed E-state index contributed by atoms with van der Waals surface area (Å²) in [6, 6.07) is 13.7. The van der Waals surface area contributed by atoms with Gasteiger partial charge in [-0.3, -0.25) is 14.4 Å². The normalized spacial score (nSPS) is 9.92. The molecular formula is C17H16ClN3O3. The van der Waals surface area contributed by atoms with Gasteiger partial charge in [0.1, 0.15) is 0 Å². The van der Waals surface area contributed by atoms with Gasteiger partial charge in [-0.15, -0.1) is 0 Å². The molecule has 2 rings (SSSR count). The van der Waals surface area contributed by atoms with Gasteiger partial charge in [-0.05, 0) is 31.2 Å². The van der Waals surface area contributed by atoms with Crippen molar-refractivity contribution in [2.75, 3.05) is 17.2 Å². The van der Waals surface area contributed by atoms with E-state index < -0.39 is 17.7 Å². The van der Waals surface area contributed by atoms with Gasteiger partial charge in [-0.25, -0.2) is 0 Å². The second kappa shape index (κ2) is 8.12. The monoisotopic (exact) mass is 345 g/mol. The predicted molar refractivity (Wildman–Crippen MR) is 92.9 cm³/mol. The molecule has 0 saturated heterocycles. The Kier molecular flexibility index (Phi) is 5.92. The van der Waals surface area contributed by atoms with Crippen molar-refractivity contribution < 1.29 is 14.4 Å². The largest absolute Gasteiger partial charge is 0.339 e. The SMILES string of the molecule is Cc1ccc(NC(=O)C(=O)NCC(=O)Nc2ccccc2Cl)cc1. The molecule has 0 fully saturated rings. The standard InChI is InChI=1S/C17H16ClN3O3/c1-11-6-8-12(9-7-11)20-17(24)16(23)19-10-15(22)21-14-5-3-2-4-13(14)18/h2-9H,10H2,1H3,(H,19,23)(H,20,24)(H,21,22). The Labute approximate surface area is 144 Å². The van der Waals surface area contributed by atoms with Crippen LogP contribution in [0.3, 0.4) is 0 Å². The molecule has 3 amide bonds. The quantitative estimate of drug-likeness (QED) is 0.743. The second-order valence-corrected chi connectivity index (χ2v) is 5.44. The van der Waals surface area contributed by atoms with Crippen LogP contribution in [-0.2, 0) is 14.4 Å². The van der Waals surface area contributed by atoms with Crippen molar-refractivity contribution in [3.8, 4) is 0 Å². The molecule has 0 atom stereocenters. The summed E-state index contributed by atoms with van der Waals surface area (Å²) < 4.78 is 0. The first-order chi connectivity index (χ1) is 11.5. The summed E-state index contributed by atoms with van der Waals surface area (Å²) in [5, 5.41) is 7.62. The Morgan fingerprint density at radius 1 is 0.917 bits per heavy atom. The molecule has 0 aliphatic carbocycles. The van der Waals surface area contributed by atoms with Gasteiger partial charge in [0.15, 0.2) is 0 Å². The maximum absolute atomic E-state index is 11.8. The van der Waals surface area contributed by atoms with E-state index in [1.807, 2.05) is 19.1 Å². The summed E-state index contributed by atoms with van der Waals surface area (Å²) in [6.45, 7) is 1.57. The van der Waals surface area contributed by atoms with Crippen molar-refractivity contribution in [2.45, 2.75) is 6.92 Å². The number of rotatable bonds is 4. The molecule has 0 radical (unpaired) electrons. The van der Waals surface area contributed by atoms with Gasteiger partial charge in [-0.1, -0.05) is 41.4 Å². The second-order valence-electron chi connectivity index (χ2n) is 5.03. The van der Waals surface area contributed by atoms with E-state index in [4.69, 9.17) is 11.6 Å². The fourth-order valence-electron chi connectivity index (χ4n) is 1.82. The average molecular weight is 346 g/mol. The molecule has 2 aromatic rings.